The Morgan fingerprint density at radius 3 is 2.70 bits per heavy atom. The highest BCUT2D eigenvalue weighted by Crippen LogP contribution is 2.33. The fourth-order valence-corrected chi connectivity index (χ4v) is 2.55. The summed E-state index contributed by atoms with van der Waals surface area (Å²) in [5, 5.41) is 3.46. The van der Waals surface area contributed by atoms with Crippen molar-refractivity contribution in [2.45, 2.75) is 32.2 Å². The normalized spacial score (nSPS) is 16.7. The average molecular weight is 313 g/mol. The van der Waals surface area contributed by atoms with Crippen LogP contribution in [0.25, 0.3) is 0 Å². The van der Waals surface area contributed by atoms with Gasteiger partial charge < -0.3 is 15.0 Å². The molecule has 0 aliphatic carbocycles. The SMILES string of the molecule is CC(C)c1nc(NC2CCOc3ccccc32)nc(N(C)C)n1. The van der Waals surface area contributed by atoms with Gasteiger partial charge in [0.2, 0.25) is 11.9 Å². The molecule has 1 aliphatic rings. The molecule has 0 bridgehead atoms. The number of nitrogens with one attached hydrogen (secondary N) is 1. The van der Waals surface area contributed by atoms with Gasteiger partial charge in [-0.2, -0.15) is 15.0 Å². The van der Waals surface area contributed by atoms with Gasteiger partial charge in [-0.25, -0.2) is 0 Å². The molecule has 3 rings (SSSR count). The van der Waals surface area contributed by atoms with Crippen LogP contribution in [-0.2, 0) is 0 Å². The molecule has 1 aromatic carbocycles. The van der Waals surface area contributed by atoms with Crippen molar-refractivity contribution in [1.29, 1.82) is 0 Å². The van der Waals surface area contributed by atoms with Gasteiger partial charge in [-0.15, -0.1) is 0 Å². The minimum Gasteiger partial charge on any atom is -0.493 e. The van der Waals surface area contributed by atoms with Crippen LogP contribution in [0.5, 0.6) is 5.75 Å². The van der Waals surface area contributed by atoms with Gasteiger partial charge in [0, 0.05) is 32.0 Å². The van der Waals surface area contributed by atoms with Gasteiger partial charge in [-0.05, 0) is 6.07 Å². The van der Waals surface area contributed by atoms with Crippen molar-refractivity contribution in [3.63, 3.8) is 0 Å². The average Bonchev–Trinajstić information content (AvgIpc) is 2.55. The third-order valence-electron chi connectivity index (χ3n) is 3.82. The first-order chi connectivity index (χ1) is 11.0. The van der Waals surface area contributed by atoms with Crippen LogP contribution in [0.2, 0.25) is 0 Å². The predicted octanol–water partition coefficient (Wildman–Crippen LogP) is 3.00. The van der Waals surface area contributed by atoms with E-state index in [1.54, 1.807) is 0 Å². The highest BCUT2D eigenvalue weighted by Gasteiger charge is 2.22. The van der Waals surface area contributed by atoms with Crippen LogP contribution in [0.3, 0.4) is 0 Å². The molecule has 2 aromatic rings. The summed E-state index contributed by atoms with van der Waals surface area (Å²) in [5.41, 5.74) is 1.15. The molecular weight excluding hydrogens is 290 g/mol. The Morgan fingerprint density at radius 1 is 1.17 bits per heavy atom. The lowest BCUT2D eigenvalue weighted by molar-refractivity contribution is 0.274. The molecule has 122 valence electrons. The van der Waals surface area contributed by atoms with E-state index in [2.05, 4.69) is 40.2 Å². The van der Waals surface area contributed by atoms with Gasteiger partial charge in [-0.3, -0.25) is 0 Å². The maximum absolute atomic E-state index is 5.71. The van der Waals surface area contributed by atoms with E-state index in [0.29, 0.717) is 18.5 Å². The van der Waals surface area contributed by atoms with Crippen molar-refractivity contribution in [1.82, 2.24) is 15.0 Å². The largest absolute Gasteiger partial charge is 0.493 e. The second kappa shape index (κ2) is 6.40. The number of benzene rings is 1. The topological polar surface area (TPSA) is 63.2 Å². The minimum atomic E-state index is 0.150. The Hall–Kier alpha value is -2.37. The molecule has 0 spiro atoms. The summed E-state index contributed by atoms with van der Waals surface area (Å²) in [4.78, 5) is 15.5. The molecule has 0 amide bonds. The second-order valence-electron chi connectivity index (χ2n) is 6.24. The molecule has 6 nitrogen and oxygen atoms in total. The van der Waals surface area contributed by atoms with E-state index in [4.69, 9.17) is 4.74 Å². The molecule has 0 saturated carbocycles. The number of hydrogen-bond acceptors (Lipinski definition) is 6. The number of hydrogen-bond donors (Lipinski definition) is 1. The molecule has 0 fully saturated rings. The van der Waals surface area contributed by atoms with Gasteiger partial charge in [0.1, 0.15) is 11.6 Å². The predicted molar refractivity (Wildman–Crippen MR) is 91.2 cm³/mol. The Kier molecular flexibility index (Phi) is 4.32. The fourth-order valence-electron chi connectivity index (χ4n) is 2.55. The third-order valence-corrected chi connectivity index (χ3v) is 3.82. The smallest absolute Gasteiger partial charge is 0.229 e. The molecule has 1 unspecified atom stereocenters. The number of anilines is 2. The lowest BCUT2D eigenvalue weighted by Gasteiger charge is -2.27. The first-order valence-electron chi connectivity index (χ1n) is 7.96. The lowest BCUT2D eigenvalue weighted by atomic mass is 10.0. The number of nitrogens with zero attached hydrogens (tertiary/aromatic N) is 4. The molecular formula is C17H23N5O. The molecule has 1 N–H and O–H groups in total. The van der Waals surface area contributed by atoms with Crippen LogP contribution >= 0.6 is 0 Å². The second-order valence-corrected chi connectivity index (χ2v) is 6.24. The summed E-state index contributed by atoms with van der Waals surface area (Å²) in [7, 11) is 3.87. The minimum absolute atomic E-state index is 0.150. The first-order valence-corrected chi connectivity index (χ1v) is 7.96. The summed E-state index contributed by atoms with van der Waals surface area (Å²) >= 11 is 0. The molecule has 1 aromatic heterocycles. The standard InChI is InChI=1S/C17H23N5O/c1-11(2)15-19-16(21-17(20-15)22(3)4)18-13-9-10-23-14-8-6-5-7-12(13)14/h5-8,11,13H,9-10H2,1-4H3,(H,18,19,20,21). The van der Waals surface area contributed by atoms with Gasteiger partial charge >= 0.3 is 0 Å². The van der Waals surface area contributed by atoms with Crippen LogP contribution in [0.1, 0.15) is 43.6 Å². The van der Waals surface area contributed by atoms with Crippen LogP contribution in [0.15, 0.2) is 24.3 Å². The zero-order valence-electron chi connectivity index (χ0n) is 14.1. The van der Waals surface area contributed by atoms with Crippen molar-refractivity contribution in [3.05, 3.63) is 35.7 Å². The monoisotopic (exact) mass is 313 g/mol. The number of ether oxygens (including phenoxy) is 1. The van der Waals surface area contributed by atoms with E-state index in [-0.39, 0.29) is 12.0 Å². The molecule has 2 heterocycles. The van der Waals surface area contributed by atoms with E-state index in [9.17, 15) is 0 Å². The third kappa shape index (κ3) is 3.36. The van der Waals surface area contributed by atoms with E-state index in [1.807, 2.05) is 37.2 Å². The van der Waals surface area contributed by atoms with Crippen molar-refractivity contribution in [2.75, 3.05) is 30.9 Å². The highest BCUT2D eigenvalue weighted by molar-refractivity contribution is 5.44. The zero-order valence-corrected chi connectivity index (χ0v) is 14.1. The van der Waals surface area contributed by atoms with Gasteiger partial charge in [-0.1, -0.05) is 32.0 Å². The molecule has 0 radical (unpaired) electrons. The van der Waals surface area contributed by atoms with Crippen molar-refractivity contribution in [2.24, 2.45) is 0 Å². The molecule has 0 saturated heterocycles. The number of aromatic nitrogens is 3. The van der Waals surface area contributed by atoms with E-state index < -0.39 is 0 Å². The van der Waals surface area contributed by atoms with Crippen LogP contribution < -0.4 is 15.0 Å². The molecule has 1 aliphatic heterocycles. The van der Waals surface area contributed by atoms with Crippen LogP contribution in [0.4, 0.5) is 11.9 Å². The number of rotatable bonds is 4. The van der Waals surface area contributed by atoms with Crippen LogP contribution in [0, 0.1) is 0 Å². The summed E-state index contributed by atoms with van der Waals surface area (Å²) in [6, 6.07) is 8.26. The van der Waals surface area contributed by atoms with Crippen molar-refractivity contribution in [3.8, 4) is 5.75 Å². The molecule has 23 heavy (non-hydrogen) atoms. The van der Waals surface area contributed by atoms with Crippen molar-refractivity contribution >= 4 is 11.9 Å². The van der Waals surface area contributed by atoms with Gasteiger partial charge in [0.25, 0.3) is 0 Å². The number of fused-ring (bicyclic) bond motifs is 1. The lowest BCUT2D eigenvalue weighted by Crippen LogP contribution is -2.23. The van der Waals surface area contributed by atoms with E-state index >= 15 is 0 Å². The number of para-hydroxylation sites is 1. The first kappa shape index (κ1) is 15.5. The van der Waals surface area contributed by atoms with E-state index in [1.165, 1.54) is 0 Å². The van der Waals surface area contributed by atoms with E-state index in [0.717, 1.165) is 23.6 Å². The highest BCUT2D eigenvalue weighted by atomic mass is 16.5. The fraction of sp³-hybridized carbons (Fsp3) is 0.471. The summed E-state index contributed by atoms with van der Waals surface area (Å²) in [5.74, 6) is 3.27. The van der Waals surface area contributed by atoms with Gasteiger partial charge in [0.15, 0.2) is 0 Å². The molecule has 1 atom stereocenters. The van der Waals surface area contributed by atoms with Crippen molar-refractivity contribution < 1.29 is 4.74 Å². The quantitative estimate of drug-likeness (QED) is 0.936. The summed E-state index contributed by atoms with van der Waals surface area (Å²) in [6.45, 7) is 4.86. The Morgan fingerprint density at radius 2 is 1.96 bits per heavy atom. The Labute approximate surface area is 136 Å². The Balaban J connectivity index is 1.91. The molecule has 6 heteroatoms. The van der Waals surface area contributed by atoms with Crippen LogP contribution in [-0.4, -0.2) is 35.7 Å². The summed E-state index contributed by atoms with van der Waals surface area (Å²) < 4.78 is 5.71. The summed E-state index contributed by atoms with van der Waals surface area (Å²) in [6.07, 6.45) is 0.886. The maximum Gasteiger partial charge on any atom is 0.229 e. The van der Waals surface area contributed by atoms with Gasteiger partial charge in [0.05, 0.1) is 12.6 Å². The zero-order chi connectivity index (χ0) is 16.4. The Bertz CT molecular complexity index is 660. The maximum atomic E-state index is 5.71.